The van der Waals surface area contributed by atoms with Crippen LogP contribution < -0.4 is 11.3 Å². The van der Waals surface area contributed by atoms with Gasteiger partial charge < -0.3 is 0 Å². The summed E-state index contributed by atoms with van der Waals surface area (Å²) in [5.41, 5.74) is 6.34. The monoisotopic (exact) mass is 293 g/mol. The van der Waals surface area contributed by atoms with Crippen LogP contribution in [0.25, 0.3) is 0 Å². The molecule has 0 aliphatic rings. The third kappa shape index (κ3) is 3.33. The van der Waals surface area contributed by atoms with Crippen molar-refractivity contribution < 1.29 is 4.39 Å². The van der Waals surface area contributed by atoms with Gasteiger partial charge in [-0.15, -0.1) is 0 Å². The van der Waals surface area contributed by atoms with Crippen LogP contribution in [0, 0.1) is 19.7 Å². The van der Waals surface area contributed by atoms with Crippen LogP contribution in [0.3, 0.4) is 0 Å². The molecule has 1 aromatic carbocycles. The van der Waals surface area contributed by atoms with Crippen LogP contribution in [0.15, 0.2) is 30.3 Å². The summed E-state index contributed by atoms with van der Waals surface area (Å²) in [4.78, 5) is 4.34. The van der Waals surface area contributed by atoms with E-state index in [-0.39, 0.29) is 11.1 Å². The maximum Gasteiger partial charge on any atom is 0.142 e. The van der Waals surface area contributed by atoms with Crippen molar-refractivity contribution in [2.24, 2.45) is 5.84 Å². The number of nitrogens with zero attached hydrogens (tertiary/aromatic N) is 1. The van der Waals surface area contributed by atoms with Gasteiger partial charge in [-0.25, -0.2) is 4.39 Å². The van der Waals surface area contributed by atoms with E-state index in [1.807, 2.05) is 26.0 Å². The van der Waals surface area contributed by atoms with Crippen LogP contribution in [0.2, 0.25) is 5.02 Å². The Morgan fingerprint density at radius 3 is 2.55 bits per heavy atom. The fourth-order valence-corrected chi connectivity index (χ4v) is 2.47. The lowest BCUT2D eigenvalue weighted by Crippen LogP contribution is -2.30. The van der Waals surface area contributed by atoms with Gasteiger partial charge in [0.05, 0.1) is 11.1 Å². The Bertz CT molecular complexity index is 596. The molecule has 2 aromatic rings. The molecule has 1 heterocycles. The average Bonchev–Trinajstić information content (AvgIpc) is 2.39. The first-order valence-electron chi connectivity index (χ1n) is 6.35. The molecule has 1 aromatic heterocycles. The van der Waals surface area contributed by atoms with Crippen LogP contribution >= 0.6 is 11.6 Å². The number of aryl methyl sites for hydroxylation is 2. The van der Waals surface area contributed by atoms with Crippen molar-refractivity contribution in [3.63, 3.8) is 0 Å². The van der Waals surface area contributed by atoms with Crippen LogP contribution in [0.5, 0.6) is 0 Å². The van der Waals surface area contributed by atoms with Gasteiger partial charge in [0.1, 0.15) is 5.82 Å². The number of nitrogens with two attached hydrogens (primary N) is 1. The minimum absolute atomic E-state index is 0.144. The lowest BCUT2D eigenvalue weighted by Gasteiger charge is -2.18. The average molecular weight is 294 g/mol. The Balaban J connectivity index is 2.31. The number of hydrogen-bond acceptors (Lipinski definition) is 3. The van der Waals surface area contributed by atoms with Crippen molar-refractivity contribution in [1.29, 1.82) is 0 Å². The van der Waals surface area contributed by atoms with Crippen molar-refractivity contribution in [1.82, 2.24) is 10.4 Å². The molecule has 0 amide bonds. The van der Waals surface area contributed by atoms with Crippen molar-refractivity contribution in [2.45, 2.75) is 26.3 Å². The van der Waals surface area contributed by atoms with Crippen molar-refractivity contribution in [3.8, 4) is 0 Å². The van der Waals surface area contributed by atoms with Gasteiger partial charge >= 0.3 is 0 Å². The number of benzene rings is 1. The van der Waals surface area contributed by atoms with Gasteiger partial charge in [0.15, 0.2) is 0 Å². The predicted molar refractivity (Wildman–Crippen MR) is 78.9 cm³/mol. The van der Waals surface area contributed by atoms with Crippen LogP contribution in [0.4, 0.5) is 4.39 Å². The molecule has 0 spiro atoms. The van der Waals surface area contributed by atoms with Gasteiger partial charge in [0, 0.05) is 11.4 Å². The zero-order valence-corrected chi connectivity index (χ0v) is 12.2. The minimum Gasteiger partial charge on any atom is -0.271 e. The van der Waals surface area contributed by atoms with Gasteiger partial charge in [-0.2, -0.15) is 0 Å². The summed E-state index contributed by atoms with van der Waals surface area (Å²) in [6.45, 7) is 3.86. The zero-order valence-electron chi connectivity index (χ0n) is 11.5. The van der Waals surface area contributed by atoms with Gasteiger partial charge in [0.2, 0.25) is 0 Å². The Kier molecular flexibility index (Phi) is 4.70. The first kappa shape index (κ1) is 14.9. The van der Waals surface area contributed by atoms with Gasteiger partial charge in [0.25, 0.3) is 0 Å². The summed E-state index contributed by atoms with van der Waals surface area (Å²) >= 11 is 5.99. The molecule has 0 saturated heterocycles. The van der Waals surface area contributed by atoms with E-state index in [0.717, 1.165) is 22.5 Å². The zero-order chi connectivity index (χ0) is 14.7. The van der Waals surface area contributed by atoms with Crippen molar-refractivity contribution in [3.05, 3.63) is 63.7 Å². The van der Waals surface area contributed by atoms with Crippen molar-refractivity contribution >= 4 is 11.6 Å². The second-order valence-corrected chi connectivity index (χ2v) is 5.20. The topological polar surface area (TPSA) is 50.9 Å². The smallest absolute Gasteiger partial charge is 0.142 e. The minimum atomic E-state index is -0.415. The molecule has 1 unspecified atom stereocenters. The number of pyridine rings is 1. The highest BCUT2D eigenvalue weighted by atomic mass is 35.5. The van der Waals surface area contributed by atoms with Crippen LogP contribution in [-0.4, -0.2) is 4.98 Å². The maximum atomic E-state index is 13.5. The Morgan fingerprint density at radius 2 is 1.95 bits per heavy atom. The molecule has 0 fully saturated rings. The van der Waals surface area contributed by atoms with E-state index in [2.05, 4.69) is 10.4 Å². The number of aromatic nitrogens is 1. The Labute approximate surface area is 122 Å². The second-order valence-electron chi connectivity index (χ2n) is 4.82. The number of rotatable bonds is 4. The van der Waals surface area contributed by atoms with Gasteiger partial charge in [-0.1, -0.05) is 23.7 Å². The highest BCUT2D eigenvalue weighted by Gasteiger charge is 2.15. The molecule has 5 heteroatoms. The van der Waals surface area contributed by atoms with E-state index >= 15 is 0 Å². The molecule has 0 bridgehead atoms. The first-order chi connectivity index (χ1) is 9.51. The third-order valence-corrected chi connectivity index (χ3v) is 3.59. The second kappa shape index (κ2) is 6.31. The Hall–Kier alpha value is -1.49. The normalized spacial score (nSPS) is 12.4. The third-order valence-electron chi connectivity index (χ3n) is 3.16. The summed E-state index contributed by atoms with van der Waals surface area (Å²) in [6, 6.07) is 8.58. The SMILES string of the molecule is Cc1cc(C(Cc2cccc(F)c2Cl)NN)cc(C)n1. The quantitative estimate of drug-likeness (QED) is 0.672. The molecule has 2 rings (SSSR count). The fourth-order valence-electron chi connectivity index (χ4n) is 2.27. The standard InChI is InChI=1S/C15H17ClFN3/c1-9-6-12(7-10(2)19-9)14(20-18)8-11-4-3-5-13(17)15(11)16/h3-7,14,20H,8,18H2,1-2H3. The molecule has 0 aliphatic carbocycles. The number of nitrogens with one attached hydrogen (secondary N) is 1. The molecule has 3 N–H and O–H groups in total. The van der Waals surface area contributed by atoms with E-state index < -0.39 is 5.82 Å². The molecule has 20 heavy (non-hydrogen) atoms. The summed E-state index contributed by atoms with van der Waals surface area (Å²) in [5.74, 6) is 5.22. The maximum absolute atomic E-state index is 13.5. The molecule has 0 aliphatic heterocycles. The molecular formula is C15H17ClFN3. The molecule has 0 radical (unpaired) electrons. The summed E-state index contributed by atoms with van der Waals surface area (Å²) in [5, 5.41) is 0.148. The highest BCUT2D eigenvalue weighted by Crippen LogP contribution is 2.25. The number of halogens is 2. The largest absolute Gasteiger partial charge is 0.271 e. The summed E-state index contributed by atoms with van der Waals surface area (Å²) < 4.78 is 13.5. The number of hydrogen-bond donors (Lipinski definition) is 2. The van der Waals surface area contributed by atoms with Crippen LogP contribution in [0.1, 0.15) is 28.6 Å². The lowest BCUT2D eigenvalue weighted by atomic mass is 9.99. The predicted octanol–water partition coefficient (Wildman–Crippen LogP) is 3.24. The highest BCUT2D eigenvalue weighted by molar-refractivity contribution is 6.31. The fraction of sp³-hybridized carbons (Fsp3) is 0.267. The molecular weight excluding hydrogens is 277 g/mol. The van der Waals surface area contributed by atoms with E-state index in [9.17, 15) is 4.39 Å². The Morgan fingerprint density at radius 1 is 1.30 bits per heavy atom. The molecule has 0 saturated carbocycles. The van der Waals surface area contributed by atoms with Crippen molar-refractivity contribution in [2.75, 3.05) is 0 Å². The van der Waals surface area contributed by atoms with E-state index in [1.54, 1.807) is 12.1 Å². The number of hydrazine groups is 1. The van der Waals surface area contributed by atoms with E-state index in [1.165, 1.54) is 6.07 Å². The molecule has 106 valence electrons. The van der Waals surface area contributed by atoms with Crippen LogP contribution in [-0.2, 0) is 6.42 Å². The van der Waals surface area contributed by atoms with E-state index in [0.29, 0.717) is 6.42 Å². The molecule has 3 nitrogen and oxygen atoms in total. The summed E-state index contributed by atoms with van der Waals surface area (Å²) in [7, 11) is 0. The summed E-state index contributed by atoms with van der Waals surface area (Å²) in [6.07, 6.45) is 0.510. The van der Waals surface area contributed by atoms with Gasteiger partial charge in [-0.3, -0.25) is 16.3 Å². The first-order valence-corrected chi connectivity index (χ1v) is 6.73. The van der Waals surface area contributed by atoms with E-state index in [4.69, 9.17) is 17.4 Å². The van der Waals surface area contributed by atoms with Gasteiger partial charge in [-0.05, 0) is 49.6 Å². The lowest BCUT2D eigenvalue weighted by molar-refractivity contribution is 0.547. The molecule has 1 atom stereocenters.